The van der Waals surface area contributed by atoms with Gasteiger partial charge in [-0.2, -0.15) is 0 Å². The van der Waals surface area contributed by atoms with Crippen LogP contribution >= 0.6 is 0 Å². The molecule has 2 aliphatic carbocycles. The number of nitrogens with zero attached hydrogens (tertiary/aromatic N) is 3. The molecule has 23 heavy (non-hydrogen) atoms. The third kappa shape index (κ3) is 3.46. The number of hydrogen-bond acceptors (Lipinski definition) is 4. The Balaban J connectivity index is 1.32. The van der Waals surface area contributed by atoms with Gasteiger partial charge in [0.1, 0.15) is 17.3 Å². The first-order chi connectivity index (χ1) is 11.1. The van der Waals surface area contributed by atoms with E-state index in [4.69, 9.17) is 0 Å². The average Bonchev–Trinajstić information content (AvgIpc) is 3.46. The van der Waals surface area contributed by atoms with Crippen LogP contribution in [0.5, 0.6) is 0 Å². The molecule has 2 saturated carbocycles. The summed E-state index contributed by atoms with van der Waals surface area (Å²) in [6.07, 6.45) is 6.94. The van der Waals surface area contributed by atoms with Crippen LogP contribution in [0.2, 0.25) is 0 Å². The normalized spacial score (nSPS) is 23.6. The van der Waals surface area contributed by atoms with Crippen molar-refractivity contribution in [3.63, 3.8) is 0 Å². The molecule has 1 saturated heterocycles. The summed E-state index contributed by atoms with van der Waals surface area (Å²) < 4.78 is 14.8. The van der Waals surface area contributed by atoms with E-state index in [0.717, 1.165) is 24.5 Å². The number of carbonyl (C=O) groups excluding carboxylic acids is 1. The SMILES string of the molecule is O=C(NCC1(F)CCN(c2ccnc(C3CC3)n2)CC1)C1CC1. The molecule has 0 radical (unpaired) electrons. The molecule has 1 aromatic heterocycles. The first kappa shape index (κ1) is 14.8. The van der Waals surface area contributed by atoms with Crippen molar-refractivity contribution >= 4 is 11.7 Å². The minimum absolute atomic E-state index is 0.0225. The largest absolute Gasteiger partial charge is 0.356 e. The fourth-order valence-corrected chi connectivity index (χ4v) is 3.13. The van der Waals surface area contributed by atoms with E-state index < -0.39 is 5.67 Å². The molecule has 1 amide bonds. The number of alkyl halides is 1. The number of aromatic nitrogens is 2. The predicted octanol–water partition coefficient (Wildman–Crippen LogP) is 2.19. The second kappa shape index (κ2) is 5.73. The molecular weight excluding hydrogens is 295 g/mol. The molecule has 0 spiro atoms. The van der Waals surface area contributed by atoms with E-state index in [9.17, 15) is 9.18 Å². The summed E-state index contributed by atoms with van der Waals surface area (Å²) in [6.45, 7) is 1.42. The number of anilines is 1. The quantitative estimate of drug-likeness (QED) is 0.904. The van der Waals surface area contributed by atoms with Crippen LogP contribution in [-0.4, -0.2) is 41.2 Å². The highest BCUT2D eigenvalue weighted by atomic mass is 19.1. The van der Waals surface area contributed by atoms with Gasteiger partial charge in [-0.3, -0.25) is 4.79 Å². The average molecular weight is 318 g/mol. The van der Waals surface area contributed by atoms with Gasteiger partial charge >= 0.3 is 0 Å². The molecule has 4 rings (SSSR count). The summed E-state index contributed by atoms with van der Waals surface area (Å²) in [7, 11) is 0. The van der Waals surface area contributed by atoms with Gasteiger partial charge in [0.2, 0.25) is 5.91 Å². The number of rotatable bonds is 5. The van der Waals surface area contributed by atoms with Gasteiger partial charge in [0.05, 0.1) is 6.54 Å². The van der Waals surface area contributed by atoms with Crippen molar-refractivity contribution in [2.45, 2.75) is 50.1 Å². The first-order valence-electron chi connectivity index (χ1n) is 8.67. The Bertz CT molecular complexity index is 592. The number of hydrogen-bond donors (Lipinski definition) is 1. The Morgan fingerprint density at radius 2 is 2.04 bits per heavy atom. The number of halogens is 1. The molecule has 3 aliphatic rings. The molecule has 0 unspecified atom stereocenters. The molecule has 0 atom stereocenters. The molecule has 6 heteroatoms. The Kier molecular flexibility index (Phi) is 3.70. The van der Waals surface area contributed by atoms with Gasteiger partial charge in [0.15, 0.2) is 0 Å². The zero-order valence-corrected chi connectivity index (χ0v) is 13.3. The Morgan fingerprint density at radius 1 is 1.30 bits per heavy atom. The Morgan fingerprint density at radius 3 is 2.70 bits per heavy atom. The van der Waals surface area contributed by atoms with Crippen molar-refractivity contribution in [3.05, 3.63) is 18.1 Å². The molecular formula is C17H23FN4O. The third-order valence-corrected chi connectivity index (χ3v) is 5.11. The first-order valence-corrected chi connectivity index (χ1v) is 8.67. The van der Waals surface area contributed by atoms with Crippen LogP contribution < -0.4 is 10.2 Å². The second-order valence-electron chi connectivity index (χ2n) is 7.18. The molecule has 2 heterocycles. The van der Waals surface area contributed by atoms with E-state index in [2.05, 4.69) is 20.2 Å². The zero-order valence-electron chi connectivity index (χ0n) is 13.3. The van der Waals surface area contributed by atoms with Gasteiger partial charge in [-0.25, -0.2) is 14.4 Å². The molecule has 0 aromatic carbocycles. The standard InChI is InChI=1S/C17H23FN4O/c18-17(11-20-16(23)13-3-4-13)6-9-22(10-7-17)14-5-8-19-15(21-14)12-1-2-12/h5,8,12-13H,1-4,6-7,9-11H2,(H,20,23). The molecule has 1 N–H and O–H groups in total. The highest BCUT2D eigenvalue weighted by Gasteiger charge is 2.37. The molecule has 0 bridgehead atoms. The van der Waals surface area contributed by atoms with E-state index in [-0.39, 0.29) is 18.4 Å². The second-order valence-corrected chi connectivity index (χ2v) is 7.18. The van der Waals surface area contributed by atoms with Crippen LogP contribution in [-0.2, 0) is 4.79 Å². The van der Waals surface area contributed by atoms with E-state index in [1.54, 1.807) is 0 Å². The summed E-state index contributed by atoms with van der Waals surface area (Å²) in [5.41, 5.74) is -1.28. The molecule has 3 fully saturated rings. The van der Waals surface area contributed by atoms with Crippen molar-refractivity contribution in [1.82, 2.24) is 15.3 Å². The minimum Gasteiger partial charge on any atom is -0.356 e. The summed E-state index contributed by atoms with van der Waals surface area (Å²) in [6, 6.07) is 1.91. The fraction of sp³-hybridized carbons (Fsp3) is 0.706. The Labute approximate surface area is 135 Å². The van der Waals surface area contributed by atoms with Crippen molar-refractivity contribution in [3.8, 4) is 0 Å². The van der Waals surface area contributed by atoms with Crippen molar-refractivity contribution < 1.29 is 9.18 Å². The lowest BCUT2D eigenvalue weighted by atomic mass is 9.93. The van der Waals surface area contributed by atoms with Gasteiger partial charge in [-0.05, 0) is 31.7 Å². The predicted molar refractivity (Wildman–Crippen MR) is 85.0 cm³/mol. The van der Waals surface area contributed by atoms with Gasteiger partial charge in [-0.15, -0.1) is 0 Å². The summed E-state index contributed by atoms with van der Waals surface area (Å²) in [4.78, 5) is 22.8. The van der Waals surface area contributed by atoms with Crippen LogP contribution in [0.3, 0.4) is 0 Å². The molecule has 124 valence electrons. The number of amides is 1. The molecule has 5 nitrogen and oxygen atoms in total. The van der Waals surface area contributed by atoms with Crippen LogP contribution in [0.25, 0.3) is 0 Å². The third-order valence-electron chi connectivity index (χ3n) is 5.11. The smallest absolute Gasteiger partial charge is 0.223 e. The van der Waals surface area contributed by atoms with Crippen LogP contribution in [0.15, 0.2) is 12.3 Å². The fourth-order valence-electron chi connectivity index (χ4n) is 3.13. The zero-order chi connectivity index (χ0) is 15.9. The number of nitrogens with one attached hydrogen (secondary N) is 1. The Hall–Kier alpha value is -1.72. The van der Waals surface area contributed by atoms with Gasteiger partial charge in [0, 0.05) is 44.0 Å². The highest BCUT2D eigenvalue weighted by Crippen LogP contribution is 2.38. The lowest BCUT2D eigenvalue weighted by Gasteiger charge is -2.37. The number of piperidine rings is 1. The van der Waals surface area contributed by atoms with Crippen molar-refractivity contribution in [2.24, 2.45) is 5.92 Å². The van der Waals surface area contributed by atoms with Gasteiger partial charge in [0.25, 0.3) is 0 Å². The highest BCUT2D eigenvalue weighted by molar-refractivity contribution is 5.80. The van der Waals surface area contributed by atoms with Gasteiger partial charge < -0.3 is 10.2 Å². The van der Waals surface area contributed by atoms with Crippen LogP contribution in [0.1, 0.15) is 50.3 Å². The lowest BCUT2D eigenvalue weighted by Crippen LogP contribution is -2.48. The van der Waals surface area contributed by atoms with E-state index in [1.807, 2.05) is 12.3 Å². The van der Waals surface area contributed by atoms with Crippen LogP contribution in [0, 0.1) is 5.92 Å². The van der Waals surface area contributed by atoms with Crippen molar-refractivity contribution in [1.29, 1.82) is 0 Å². The molecule has 1 aromatic rings. The summed E-state index contributed by atoms with van der Waals surface area (Å²) >= 11 is 0. The monoisotopic (exact) mass is 318 g/mol. The maximum atomic E-state index is 14.8. The number of carbonyl (C=O) groups is 1. The lowest BCUT2D eigenvalue weighted by molar-refractivity contribution is -0.123. The van der Waals surface area contributed by atoms with E-state index >= 15 is 0 Å². The van der Waals surface area contributed by atoms with Crippen LogP contribution in [0.4, 0.5) is 10.2 Å². The molecule has 1 aliphatic heterocycles. The summed E-state index contributed by atoms with van der Waals surface area (Å²) in [5.74, 6) is 2.52. The van der Waals surface area contributed by atoms with Gasteiger partial charge in [-0.1, -0.05) is 0 Å². The maximum Gasteiger partial charge on any atom is 0.223 e. The van der Waals surface area contributed by atoms with E-state index in [0.29, 0.717) is 31.8 Å². The van der Waals surface area contributed by atoms with E-state index in [1.165, 1.54) is 12.8 Å². The maximum absolute atomic E-state index is 14.8. The van der Waals surface area contributed by atoms with Crippen molar-refractivity contribution in [2.75, 3.05) is 24.5 Å². The topological polar surface area (TPSA) is 58.1 Å². The summed E-state index contributed by atoms with van der Waals surface area (Å²) in [5, 5.41) is 2.78. The minimum atomic E-state index is -1.28.